The monoisotopic (exact) mass is 303 g/mol. The molecule has 0 bridgehead atoms. The molecule has 0 aliphatic carbocycles. The lowest BCUT2D eigenvalue weighted by Gasteiger charge is -2.11. The molecule has 0 saturated heterocycles. The molecule has 0 aliphatic rings. The number of aromatic nitrogens is 2. The zero-order chi connectivity index (χ0) is 14.8. The number of halogens is 2. The normalized spacial score (nSPS) is 10.6. The van der Waals surface area contributed by atoms with Crippen LogP contribution in [0.1, 0.15) is 0 Å². The van der Waals surface area contributed by atoms with E-state index >= 15 is 0 Å². The van der Waals surface area contributed by atoms with Crippen LogP contribution in [0.5, 0.6) is 0 Å². The molecular weight excluding hydrogens is 293 g/mol. The molecule has 0 amide bonds. The largest absolute Gasteiger partial charge is 0.339 e. The number of anilines is 3. The predicted octanol–water partition coefficient (Wildman–Crippen LogP) is 3.45. The Balaban J connectivity index is 2.10. The van der Waals surface area contributed by atoms with Gasteiger partial charge in [0.1, 0.15) is 11.6 Å². The highest BCUT2D eigenvalue weighted by molar-refractivity contribution is 6.30. The smallest absolute Gasteiger partial charge is 0.239 e. The Labute approximate surface area is 124 Å². The molecule has 0 unspecified atom stereocenters. The maximum Gasteiger partial charge on any atom is 0.239 e. The third kappa shape index (κ3) is 2.86. The molecule has 0 radical (unpaired) electrons. The lowest BCUT2D eigenvalue weighted by Crippen LogP contribution is -2.11. The highest BCUT2D eigenvalue weighted by Crippen LogP contribution is 2.26. The van der Waals surface area contributed by atoms with Crippen LogP contribution in [0.4, 0.5) is 21.8 Å². The van der Waals surface area contributed by atoms with Gasteiger partial charge < -0.3 is 5.32 Å². The van der Waals surface area contributed by atoms with Gasteiger partial charge in [0, 0.05) is 16.1 Å². The van der Waals surface area contributed by atoms with Crippen molar-refractivity contribution in [3.05, 3.63) is 53.3 Å². The summed E-state index contributed by atoms with van der Waals surface area (Å²) in [6.07, 6.45) is 0. The van der Waals surface area contributed by atoms with E-state index in [1.54, 1.807) is 6.07 Å². The van der Waals surface area contributed by atoms with E-state index in [1.165, 1.54) is 12.1 Å². The van der Waals surface area contributed by atoms with Crippen molar-refractivity contribution in [3.63, 3.8) is 0 Å². The summed E-state index contributed by atoms with van der Waals surface area (Å²) in [7, 11) is 0. The molecule has 0 spiro atoms. The number of fused-ring (bicyclic) bond motifs is 1. The zero-order valence-electron chi connectivity index (χ0n) is 10.8. The van der Waals surface area contributed by atoms with Crippen molar-refractivity contribution < 1.29 is 4.39 Å². The van der Waals surface area contributed by atoms with E-state index in [2.05, 4.69) is 20.7 Å². The van der Waals surface area contributed by atoms with Crippen molar-refractivity contribution in [1.82, 2.24) is 9.97 Å². The molecule has 106 valence electrons. The fraction of sp³-hybridized carbons (Fsp3) is 0. The molecule has 0 saturated carbocycles. The second-order valence-electron chi connectivity index (χ2n) is 4.34. The van der Waals surface area contributed by atoms with Gasteiger partial charge >= 0.3 is 0 Å². The standard InChI is InChI=1S/C14H11ClFN5/c15-8-5-9(16)7-10(6-8)18-13-11-3-1-2-4-12(11)19-14(20-13)21-17/h1-7H,17H2,(H2,18,19,20,21). The Hall–Kier alpha value is -2.44. The Morgan fingerprint density at radius 1 is 1.10 bits per heavy atom. The zero-order valence-corrected chi connectivity index (χ0v) is 11.5. The second kappa shape index (κ2) is 5.51. The molecule has 4 N–H and O–H groups in total. The first-order chi connectivity index (χ1) is 10.2. The summed E-state index contributed by atoms with van der Waals surface area (Å²) in [5.74, 6) is 5.71. The molecule has 2 aromatic carbocycles. The molecule has 0 fully saturated rings. The number of hydrazine groups is 1. The third-order valence-electron chi connectivity index (χ3n) is 2.86. The quantitative estimate of drug-likeness (QED) is 0.510. The van der Waals surface area contributed by atoms with Crippen LogP contribution in [-0.2, 0) is 0 Å². The number of nitrogens with one attached hydrogen (secondary N) is 2. The first-order valence-electron chi connectivity index (χ1n) is 6.12. The van der Waals surface area contributed by atoms with Crippen LogP contribution in [0.3, 0.4) is 0 Å². The molecule has 5 nitrogen and oxygen atoms in total. The van der Waals surface area contributed by atoms with Crippen LogP contribution >= 0.6 is 11.6 Å². The van der Waals surface area contributed by atoms with Crippen LogP contribution in [0, 0.1) is 5.82 Å². The van der Waals surface area contributed by atoms with E-state index in [0.29, 0.717) is 22.0 Å². The van der Waals surface area contributed by atoms with Crippen molar-refractivity contribution in [2.24, 2.45) is 5.84 Å². The summed E-state index contributed by atoms with van der Waals surface area (Å²) < 4.78 is 13.4. The molecule has 3 rings (SSSR count). The maximum absolute atomic E-state index is 13.4. The number of nitrogens with two attached hydrogens (primary N) is 1. The minimum atomic E-state index is -0.430. The van der Waals surface area contributed by atoms with Crippen LogP contribution < -0.4 is 16.6 Å². The SMILES string of the molecule is NNc1nc(Nc2cc(F)cc(Cl)c2)c2ccccc2n1. The number of nitrogen functional groups attached to an aromatic ring is 1. The highest BCUT2D eigenvalue weighted by atomic mass is 35.5. The van der Waals surface area contributed by atoms with Crippen LogP contribution in [-0.4, -0.2) is 9.97 Å². The highest BCUT2D eigenvalue weighted by Gasteiger charge is 2.08. The summed E-state index contributed by atoms with van der Waals surface area (Å²) in [4.78, 5) is 8.49. The predicted molar refractivity (Wildman–Crippen MR) is 82.0 cm³/mol. The molecule has 1 aromatic heterocycles. The molecule has 3 aromatic rings. The Kier molecular flexibility index (Phi) is 3.55. The molecule has 0 atom stereocenters. The molecule has 7 heteroatoms. The number of nitrogens with zero attached hydrogens (tertiary/aromatic N) is 2. The minimum Gasteiger partial charge on any atom is -0.339 e. The van der Waals surface area contributed by atoms with Gasteiger partial charge in [-0.2, -0.15) is 4.98 Å². The summed E-state index contributed by atoms with van der Waals surface area (Å²) >= 11 is 5.85. The van der Waals surface area contributed by atoms with Crippen molar-refractivity contribution >= 4 is 40.0 Å². The summed E-state index contributed by atoms with van der Waals surface area (Å²) in [6, 6.07) is 11.6. The maximum atomic E-state index is 13.4. The lowest BCUT2D eigenvalue weighted by atomic mass is 10.2. The van der Waals surface area contributed by atoms with Gasteiger partial charge in [-0.3, -0.25) is 5.43 Å². The van der Waals surface area contributed by atoms with E-state index in [0.717, 1.165) is 5.39 Å². The summed E-state index contributed by atoms with van der Waals surface area (Å²) in [6.45, 7) is 0. The van der Waals surface area contributed by atoms with Crippen molar-refractivity contribution in [1.29, 1.82) is 0 Å². The van der Waals surface area contributed by atoms with Gasteiger partial charge in [-0.15, -0.1) is 0 Å². The van der Waals surface area contributed by atoms with Crippen molar-refractivity contribution in [3.8, 4) is 0 Å². The summed E-state index contributed by atoms with van der Waals surface area (Å²) in [5.41, 5.74) is 3.61. The van der Waals surface area contributed by atoms with Gasteiger partial charge in [0.2, 0.25) is 5.95 Å². The van der Waals surface area contributed by atoms with E-state index in [1.807, 2.05) is 24.3 Å². The fourth-order valence-electron chi connectivity index (χ4n) is 2.00. The Bertz CT molecular complexity index is 788. The summed E-state index contributed by atoms with van der Waals surface area (Å²) in [5, 5.41) is 4.12. The van der Waals surface area contributed by atoms with Crippen LogP contribution in [0.15, 0.2) is 42.5 Å². The third-order valence-corrected chi connectivity index (χ3v) is 3.08. The number of rotatable bonds is 3. The van der Waals surface area contributed by atoms with Gasteiger partial charge in [0.05, 0.1) is 5.52 Å². The van der Waals surface area contributed by atoms with E-state index in [4.69, 9.17) is 17.4 Å². The van der Waals surface area contributed by atoms with Gasteiger partial charge in [-0.1, -0.05) is 23.7 Å². The molecule has 1 heterocycles. The first kappa shape index (κ1) is 13.5. The molecular formula is C14H11ClFN5. The fourth-order valence-corrected chi connectivity index (χ4v) is 2.22. The Morgan fingerprint density at radius 2 is 1.90 bits per heavy atom. The van der Waals surface area contributed by atoms with E-state index in [-0.39, 0.29) is 5.95 Å². The van der Waals surface area contributed by atoms with E-state index in [9.17, 15) is 4.39 Å². The topological polar surface area (TPSA) is 75.9 Å². The second-order valence-corrected chi connectivity index (χ2v) is 4.78. The van der Waals surface area contributed by atoms with Crippen LogP contribution in [0.25, 0.3) is 10.9 Å². The molecule has 21 heavy (non-hydrogen) atoms. The Morgan fingerprint density at radius 3 is 2.67 bits per heavy atom. The minimum absolute atomic E-state index is 0.263. The van der Waals surface area contributed by atoms with Crippen molar-refractivity contribution in [2.75, 3.05) is 10.7 Å². The lowest BCUT2D eigenvalue weighted by molar-refractivity contribution is 0.628. The number of hydrogen-bond acceptors (Lipinski definition) is 5. The first-order valence-corrected chi connectivity index (χ1v) is 6.50. The van der Waals surface area contributed by atoms with Crippen molar-refractivity contribution in [2.45, 2.75) is 0 Å². The van der Waals surface area contributed by atoms with Gasteiger partial charge in [-0.25, -0.2) is 15.2 Å². The average Bonchev–Trinajstić information content (AvgIpc) is 2.46. The van der Waals surface area contributed by atoms with Gasteiger partial charge in [0.25, 0.3) is 0 Å². The van der Waals surface area contributed by atoms with Crippen LogP contribution in [0.2, 0.25) is 5.02 Å². The number of hydrogen-bond donors (Lipinski definition) is 3. The van der Waals surface area contributed by atoms with E-state index < -0.39 is 5.82 Å². The van der Waals surface area contributed by atoms with Gasteiger partial charge in [0.15, 0.2) is 0 Å². The van der Waals surface area contributed by atoms with Gasteiger partial charge in [-0.05, 0) is 30.3 Å². The number of para-hydroxylation sites is 1. The number of benzene rings is 2. The molecule has 0 aliphatic heterocycles. The average molecular weight is 304 g/mol.